The molecule has 3 rings (SSSR count). The monoisotopic (exact) mass is 307 g/mol. The molecule has 1 aromatic heterocycles. The number of carbonyl (C=O) groups is 1. The molecule has 0 N–H and O–H groups in total. The number of aryl methyl sites for hydroxylation is 2. The third-order valence-corrected chi connectivity index (χ3v) is 4.81. The molecule has 2 aliphatic rings. The first-order valence-electron chi connectivity index (χ1n) is 8.16. The number of nitrogens with zero attached hydrogens (tertiary/aromatic N) is 3. The van der Waals surface area contributed by atoms with E-state index in [4.69, 9.17) is 9.26 Å². The second-order valence-corrected chi connectivity index (χ2v) is 6.27. The summed E-state index contributed by atoms with van der Waals surface area (Å²) in [6.45, 7) is 9.12. The number of aromatic nitrogens is 1. The van der Waals surface area contributed by atoms with E-state index in [2.05, 4.69) is 10.1 Å². The van der Waals surface area contributed by atoms with Gasteiger partial charge in [-0.1, -0.05) is 5.16 Å². The van der Waals surface area contributed by atoms with Crippen molar-refractivity contribution in [1.82, 2.24) is 15.0 Å². The van der Waals surface area contributed by atoms with Gasteiger partial charge in [0.05, 0.1) is 18.7 Å². The summed E-state index contributed by atoms with van der Waals surface area (Å²) in [5, 5.41) is 3.93. The summed E-state index contributed by atoms with van der Waals surface area (Å²) in [4.78, 5) is 17.0. The highest BCUT2D eigenvalue weighted by atomic mass is 16.5. The molecule has 0 aliphatic carbocycles. The topological polar surface area (TPSA) is 58.8 Å². The van der Waals surface area contributed by atoms with Crippen LogP contribution in [-0.2, 0) is 16.0 Å². The number of rotatable bonds is 3. The normalized spacial score (nSPS) is 23.7. The van der Waals surface area contributed by atoms with Crippen LogP contribution in [0.2, 0.25) is 0 Å². The molecule has 1 unspecified atom stereocenters. The molecule has 2 fully saturated rings. The van der Waals surface area contributed by atoms with Gasteiger partial charge in [-0.05, 0) is 26.7 Å². The number of hydrogen-bond donors (Lipinski definition) is 0. The van der Waals surface area contributed by atoms with Crippen molar-refractivity contribution in [2.24, 2.45) is 0 Å². The SMILES string of the molecule is Cc1noc(C)c1CC(=O)N1CCCN(C2CCOC2)CC1. The number of amides is 1. The Hall–Kier alpha value is -1.40. The van der Waals surface area contributed by atoms with E-state index in [1.165, 1.54) is 0 Å². The molecule has 0 radical (unpaired) electrons. The summed E-state index contributed by atoms with van der Waals surface area (Å²) < 4.78 is 10.6. The molecule has 6 heteroatoms. The molecule has 0 spiro atoms. The summed E-state index contributed by atoms with van der Waals surface area (Å²) in [5.41, 5.74) is 1.76. The molecule has 1 amide bonds. The molecule has 3 heterocycles. The molecule has 122 valence electrons. The molecule has 0 bridgehead atoms. The van der Waals surface area contributed by atoms with Gasteiger partial charge in [-0.25, -0.2) is 0 Å². The van der Waals surface area contributed by atoms with Crippen LogP contribution in [0, 0.1) is 13.8 Å². The molecule has 0 saturated carbocycles. The Morgan fingerprint density at radius 3 is 2.82 bits per heavy atom. The second kappa shape index (κ2) is 6.79. The van der Waals surface area contributed by atoms with Gasteiger partial charge in [0.1, 0.15) is 5.76 Å². The van der Waals surface area contributed by atoms with Gasteiger partial charge in [-0.15, -0.1) is 0 Å². The number of ether oxygens (including phenoxy) is 1. The lowest BCUT2D eigenvalue weighted by atomic mass is 10.1. The van der Waals surface area contributed by atoms with Crippen LogP contribution in [0.25, 0.3) is 0 Å². The van der Waals surface area contributed by atoms with Crippen LogP contribution < -0.4 is 0 Å². The van der Waals surface area contributed by atoms with E-state index in [9.17, 15) is 4.79 Å². The Morgan fingerprint density at radius 2 is 2.14 bits per heavy atom. The summed E-state index contributed by atoms with van der Waals surface area (Å²) in [7, 11) is 0. The Balaban J connectivity index is 1.57. The first-order chi connectivity index (χ1) is 10.6. The molecule has 0 aromatic carbocycles. The highest BCUT2D eigenvalue weighted by Crippen LogP contribution is 2.17. The van der Waals surface area contributed by atoms with Crippen LogP contribution in [0.3, 0.4) is 0 Å². The summed E-state index contributed by atoms with van der Waals surface area (Å²) >= 11 is 0. The fourth-order valence-electron chi connectivity index (χ4n) is 3.38. The maximum Gasteiger partial charge on any atom is 0.227 e. The van der Waals surface area contributed by atoms with Crippen molar-refractivity contribution in [2.75, 3.05) is 39.4 Å². The lowest BCUT2D eigenvalue weighted by molar-refractivity contribution is -0.130. The summed E-state index contributed by atoms with van der Waals surface area (Å²) in [5.74, 6) is 0.935. The molecular weight excluding hydrogens is 282 g/mol. The zero-order valence-electron chi connectivity index (χ0n) is 13.5. The highest BCUT2D eigenvalue weighted by molar-refractivity contribution is 5.79. The largest absolute Gasteiger partial charge is 0.380 e. The first kappa shape index (κ1) is 15.5. The van der Waals surface area contributed by atoms with Gasteiger partial charge < -0.3 is 14.2 Å². The molecule has 22 heavy (non-hydrogen) atoms. The Morgan fingerprint density at radius 1 is 1.27 bits per heavy atom. The van der Waals surface area contributed by atoms with Crippen molar-refractivity contribution in [2.45, 2.75) is 39.2 Å². The Labute approximate surface area is 131 Å². The van der Waals surface area contributed by atoms with E-state index >= 15 is 0 Å². The van der Waals surface area contributed by atoms with E-state index in [-0.39, 0.29) is 5.91 Å². The van der Waals surface area contributed by atoms with E-state index in [0.717, 1.165) is 69.3 Å². The number of hydrogen-bond acceptors (Lipinski definition) is 5. The maximum absolute atomic E-state index is 12.6. The average molecular weight is 307 g/mol. The smallest absolute Gasteiger partial charge is 0.227 e. The van der Waals surface area contributed by atoms with Gasteiger partial charge >= 0.3 is 0 Å². The third kappa shape index (κ3) is 3.33. The van der Waals surface area contributed by atoms with Gasteiger partial charge in [0.15, 0.2) is 0 Å². The van der Waals surface area contributed by atoms with Crippen molar-refractivity contribution in [3.63, 3.8) is 0 Å². The minimum absolute atomic E-state index is 0.180. The first-order valence-corrected chi connectivity index (χ1v) is 8.16. The van der Waals surface area contributed by atoms with Gasteiger partial charge in [-0.2, -0.15) is 0 Å². The summed E-state index contributed by atoms with van der Waals surface area (Å²) in [6, 6.07) is 0.539. The van der Waals surface area contributed by atoms with Crippen LogP contribution in [0.5, 0.6) is 0 Å². The van der Waals surface area contributed by atoms with Gasteiger partial charge in [0.2, 0.25) is 5.91 Å². The van der Waals surface area contributed by atoms with E-state index in [1.807, 2.05) is 18.7 Å². The molecule has 2 saturated heterocycles. The van der Waals surface area contributed by atoms with Gasteiger partial charge in [0, 0.05) is 44.4 Å². The van der Waals surface area contributed by atoms with Crippen LogP contribution >= 0.6 is 0 Å². The van der Waals surface area contributed by atoms with Crippen molar-refractivity contribution in [3.05, 3.63) is 17.0 Å². The molecule has 2 aliphatic heterocycles. The minimum atomic E-state index is 0.180. The summed E-state index contributed by atoms with van der Waals surface area (Å²) in [6.07, 6.45) is 2.55. The predicted molar refractivity (Wildman–Crippen MR) is 81.7 cm³/mol. The minimum Gasteiger partial charge on any atom is -0.380 e. The van der Waals surface area contributed by atoms with E-state index in [1.54, 1.807) is 0 Å². The fourth-order valence-corrected chi connectivity index (χ4v) is 3.38. The molecule has 1 atom stereocenters. The van der Waals surface area contributed by atoms with E-state index in [0.29, 0.717) is 12.5 Å². The van der Waals surface area contributed by atoms with Gasteiger partial charge in [0.25, 0.3) is 0 Å². The lowest BCUT2D eigenvalue weighted by Gasteiger charge is -2.26. The van der Waals surface area contributed by atoms with Crippen LogP contribution in [0.15, 0.2) is 4.52 Å². The fraction of sp³-hybridized carbons (Fsp3) is 0.750. The zero-order chi connectivity index (χ0) is 15.5. The molecule has 6 nitrogen and oxygen atoms in total. The molecular formula is C16H25N3O3. The number of carbonyl (C=O) groups excluding carboxylic acids is 1. The van der Waals surface area contributed by atoms with Crippen molar-refractivity contribution < 1.29 is 14.1 Å². The third-order valence-electron chi connectivity index (χ3n) is 4.81. The highest BCUT2D eigenvalue weighted by Gasteiger charge is 2.27. The molecule has 1 aromatic rings. The van der Waals surface area contributed by atoms with Crippen molar-refractivity contribution >= 4 is 5.91 Å². The van der Waals surface area contributed by atoms with Crippen molar-refractivity contribution in [1.29, 1.82) is 0 Å². The predicted octanol–water partition coefficient (Wildman–Crippen LogP) is 1.16. The van der Waals surface area contributed by atoms with E-state index < -0.39 is 0 Å². The second-order valence-electron chi connectivity index (χ2n) is 6.27. The maximum atomic E-state index is 12.6. The average Bonchev–Trinajstić information content (AvgIpc) is 3.06. The quantitative estimate of drug-likeness (QED) is 0.838. The zero-order valence-corrected chi connectivity index (χ0v) is 13.5. The Kier molecular flexibility index (Phi) is 4.78. The van der Waals surface area contributed by atoms with Gasteiger partial charge in [-0.3, -0.25) is 9.69 Å². The lowest BCUT2D eigenvalue weighted by Crippen LogP contribution is -2.40. The van der Waals surface area contributed by atoms with Crippen LogP contribution in [0.4, 0.5) is 0 Å². The standard InChI is InChI=1S/C16H25N3O3/c1-12-15(13(2)22-17-12)10-16(20)19-6-3-5-18(7-8-19)14-4-9-21-11-14/h14H,3-11H2,1-2H3. The van der Waals surface area contributed by atoms with Crippen LogP contribution in [-0.4, -0.2) is 66.3 Å². The Bertz CT molecular complexity index is 503. The van der Waals surface area contributed by atoms with Crippen molar-refractivity contribution in [3.8, 4) is 0 Å². The van der Waals surface area contributed by atoms with Crippen LogP contribution in [0.1, 0.15) is 29.9 Å².